The summed E-state index contributed by atoms with van der Waals surface area (Å²) in [6.45, 7) is 0. The first-order valence-electron chi connectivity index (χ1n) is 1.29. The molecule has 0 aromatic heterocycles. The Kier molecular flexibility index (Phi) is 3.22. The lowest BCUT2D eigenvalue weighted by Crippen LogP contribution is -2.21. The van der Waals surface area contributed by atoms with Crippen molar-refractivity contribution < 1.29 is 26.1 Å². The first kappa shape index (κ1) is 11.5. The zero-order valence-corrected chi connectivity index (χ0v) is 4.12. The first-order chi connectivity index (χ1) is 3.25. The SMILES string of the molecule is C.O=S(=O)(O)C(F)(F)F. The van der Waals surface area contributed by atoms with Crippen LogP contribution < -0.4 is 0 Å². The van der Waals surface area contributed by atoms with E-state index in [9.17, 15) is 13.2 Å². The minimum absolute atomic E-state index is 0. The fourth-order valence-corrected chi connectivity index (χ4v) is 0. The molecule has 0 amide bonds. The van der Waals surface area contributed by atoms with E-state index < -0.39 is 15.6 Å². The van der Waals surface area contributed by atoms with Gasteiger partial charge in [-0.05, 0) is 0 Å². The molecular weight excluding hydrogens is 161 g/mol. The van der Waals surface area contributed by atoms with Gasteiger partial charge in [0.2, 0.25) is 0 Å². The summed E-state index contributed by atoms with van der Waals surface area (Å²) >= 11 is 0. The molecule has 1 N–H and O–H groups in total. The number of alkyl halides is 3. The van der Waals surface area contributed by atoms with Gasteiger partial charge in [0.25, 0.3) is 0 Å². The molecule has 0 rings (SSSR count). The molecule has 0 saturated carbocycles. The van der Waals surface area contributed by atoms with E-state index in [1.54, 1.807) is 0 Å². The van der Waals surface area contributed by atoms with Gasteiger partial charge in [0, 0.05) is 0 Å². The zero-order valence-electron chi connectivity index (χ0n) is 3.31. The number of hydrogen-bond donors (Lipinski definition) is 1. The van der Waals surface area contributed by atoms with E-state index >= 15 is 0 Å². The second-order valence-corrected chi connectivity index (χ2v) is 2.33. The molecule has 0 aromatic carbocycles. The molecule has 0 saturated heterocycles. The average molecular weight is 166 g/mol. The summed E-state index contributed by atoms with van der Waals surface area (Å²) in [6, 6.07) is 0. The first-order valence-corrected chi connectivity index (χ1v) is 2.73. The van der Waals surface area contributed by atoms with Crippen molar-refractivity contribution in [1.82, 2.24) is 0 Å². The van der Waals surface area contributed by atoms with Crippen molar-refractivity contribution in [2.75, 3.05) is 0 Å². The molecular formula is C2H5F3O3S. The summed E-state index contributed by atoms with van der Waals surface area (Å²) in [5.74, 6) is 0. The normalized spacial score (nSPS) is 12.4. The third-order valence-electron chi connectivity index (χ3n) is 0.292. The molecule has 0 radical (unpaired) electrons. The monoisotopic (exact) mass is 166 g/mol. The lowest BCUT2D eigenvalue weighted by atomic mass is 11.6. The summed E-state index contributed by atoms with van der Waals surface area (Å²) in [7, 11) is -5.84. The highest BCUT2D eigenvalue weighted by molar-refractivity contribution is 7.86. The molecule has 0 atom stereocenters. The van der Waals surface area contributed by atoms with Crippen LogP contribution in [0.25, 0.3) is 0 Å². The quantitative estimate of drug-likeness (QED) is 0.432. The minimum atomic E-state index is -5.84. The van der Waals surface area contributed by atoms with Crippen LogP contribution in [0.1, 0.15) is 7.43 Å². The summed E-state index contributed by atoms with van der Waals surface area (Å²) < 4.78 is 57.5. The highest BCUT2D eigenvalue weighted by Crippen LogP contribution is 2.20. The Bertz CT molecular complexity index is 166. The summed E-state index contributed by atoms with van der Waals surface area (Å²) in [5, 5.41) is 0. The highest BCUT2D eigenvalue weighted by Gasteiger charge is 2.44. The van der Waals surface area contributed by atoms with Crippen molar-refractivity contribution in [3.63, 3.8) is 0 Å². The van der Waals surface area contributed by atoms with E-state index in [1.165, 1.54) is 0 Å². The van der Waals surface area contributed by atoms with Gasteiger partial charge in [-0.2, -0.15) is 21.6 Å². The molecule has 9 heavy (non-hydrogen) atoms. The van der Waals surface area contributed by atoms with Crippen molar-refractivity contribution in [1.29, 1.82) is 0 Å². The molecule has 0 heterocycles. The van der Waals surface area contributed by atoms with E-state index in [1.807, 2.05) is 0 Å². The van der Waals surface area contributed by atoms with E-state index in [-0.39, 0.29) is 7.43 Å². The molecule has 0 unspecified atom stereocenters. The van der Waals surface area contributed by atoms with Gasteiger partial charge in [0.1, 0.15) is 0 Å². The van der Waals surface area contributed by atoms with Crippen molar-refractivity contribution in [2.45, 2.75) is 12.9 Å². The summed E-state index contributed by atoms with van der Waals surface area (Å²) in [6.07, 6.45) is 0. The second kappa shape index (κ2) is 2.53. The molecule has 0 aliphatic rings. The number of rotatable bonds is 0. The van der Waals surface area contributed by atoms with Crippen LogP contribution in [0, 0.1) is 0 Å². The molecule has 3 nitrogen and oxygen atoms in total. The van der Waals surface area contributed by atoms with E-state index in [0.29, 0.717) is 0 Å². The van der Waals surface area contributed by atoms with Gasteiger partial charge in [-0.3, -0.25) is 4.55 Å². The third kappa shape index (κ3) is 3.31. The molecule has 0 aliphatic carbocycles. The van der Waals surface area contributed by atoms with Crippen molar-refractivity contribution >= 4 is 10.1 Å². The Balaban J connectivity index is 0. The van der Waals surface area contributed by atoms with Gasteiger partial charge in [-0.15, -0.1) is 0 Å². The molecule has 0 aliphatic heterocycles. The van der Waals surface area contributed by atoms with Gasteiger partial charge >= 0.3 is 15.6 Å². The molecule has 0 bridgehead atoms. The summed E-state index contributed by atoms with van der Waals surface area (Å²) in [5.41, 5.74) is -5.53. The van der Waals surface area contributed by atoms with Crippen LogP contribution >= 0.6 is 0 Å². The van der Waals surface area contributed by atoms with Crippen molar-refractivity contribution in [3.05, 3.63) is 0 Å². The van der Waals surface area contributed by atoms with Crippen LogP contribution in [0.15, 0.2) is 0 Å². The maximum Gasteiger partial charge on any atom is 0.522 e. The van der Waals surface area contributed by atoms with E-state index in [4.69, 9.17) is 13.0 Å². The predicted molar refractivity (Wildman–Crippen MR) is 24.3 cm³/mol. The fourth-order valence-electron chi connectivity index (χ4n) is 0. The van der Waals surface area contributed by atoms with Gasteiger partial charge in [0.05, 0.1) is 0 Å². The second-order valence-electron chi connectivity index (χ2n) is 0.921. The standard InChI is InChI=1S/CHF3O3S.CH4/c2-1(3,4)8(5,6)7;/h(H,5,6,7);1H4. The number of hydrogen-bond acceptors (Lipinski definition) is 2. The lowest BCUT2D eigenvalue weighted by molar-refractivity contribution is -0.0510. The highest BCUT2D eigenvalue weighted by atomic mass is 32.2. The van der Waals surface area contributed by atoms with Gasteiger partial charge in [-0.25, -0.2) is 0 Å². The van der Waals surface area contributed by atoms with Crippen LogP contribution in [-0.4, -0.2) is 18.5 Å². The smallest absolute Gasteiger partial charge is 0.279 e. The lowest BCUT2D eigenvalue weighted by Gasteiger charge is -1.97. The van der Waals surface area contributed by atoms with Gasteiger partial charge < -0.3 is 0 Å². The maximum absolute atomic E-state index is 10.7. The molecule has 0 aromatic rings. The van der Waals surface area contributed by atoms with Gasteiger partial charge in [0.15, 0.2) is 0 Å². The Hall–Kier alpha value is -0.300. The summed E-state index contributed by atoms with van der Waals surface area (Å²) in [4.78, 5) is 0. The minimum Gasteiger partial charge on any atom is -0.279 e. The number of halogens is 3. The maximum atomic E-state index is 10.7. The fraction of sp³-hybridized carbons (Fsp3) is 1.00. The topological polar surface area (TPSA) is 54.4 Å². The Labute approximate surface area is 50.2 Å². The van der Waals surface area contributed by atoms with E-state index in [2.05, 4.69) is 0 Å². The van der Waals surface area contributed by atoms with Crippen molar-refractivity contribution in [2.24, 2.45) is 0 Å². The van der Waals surface area contributed by atoms with Crippen LogP contribution in [0.2, 0.25) is 0 Å². The van der Waals surface area contributed by atoms with Gasteiger partial charge in [-0.1, -0.05) is 7.43 Å². The zero-order chi connectivity index (χ0) is 7.00. The predicted octanol–water partition coefficient (Wildman–Crippen LogP) is 1.03. The Morgan fingerprint density at radius 1 is 1.22 bits per heavy atom. The van der Waals surface area contributed by atoms with Crippen LogP contribution in [-0.2, 0) is 10.1 Å². The van der Waals surface area contributed by atoms with Crippen molar-refractivity contribution in [3.8, 4) is 0 Å². The third-order valence-corrected chi connectivity index (χ3v) is 0.877. The van der Waals surface area contributed by atoms with Crippen LogP contribution in [0.5, 0.6) is 0 Å². The Morgan fingerprint density at radius 2 is 1.33 bits per heavy atom. The molecule has 7 heteroatoms. The largest absolute Gasteiger partial charge is 0.522 e. The van der Waals surface area contributed by atoms with E-state index in [0.717, 1.165) is 0 Å². The molecule has 0 spiro atoms. The Morgan fingerprint density at radius 3 is 1.33 bits per heavy atom. The molecule has 0 fully saturated rings. The van der Waals surface area contributed by atoms with Crippen LogP contribution in [0.4, 0.5) is 13.2 Å². The molecule has 58 valence electrons. The average Bonchev–Trinajstić information content (AvgIpc) is 1.25. The van der Waals surface area contributed by atoms with Crippen LogP contribution in [0.3, 0.4) is 0 Å².